The van der Waals surface area contributed by atoms with E-state index < -0.39 is 18.9 Å². The Morgan fingerprint density at radius 2 is 2.29 bits per heavy atom. The molecule has 0 saturated heterocycles. The van der Waals surface area contributed by atoms with Gasteiger partial charge in [0.2, 0.25) is 0 Å². The zero-order valence-corrected chi connectivity index (χ0v) is 9.15. The van der Waals surface area contributed by atoms with Gasteiger partial charge < -0.3 is 4.90 Å². The van der Waals surface area contributed by atoms with E-state index in [1.54, 1.807) is 24.4 Å². The van der Waals surface area contributed by atoms with E-state index in [9.17, 15) is 13.6 Å². The first kappa shape index (κ1) is 11.5. The fraction of sp³-hybridized carbons (Fsp3) is 0.273. The van der Waals surface area contributed by atoms with Gasteiger partial charge in [0.15, 0.2) is 0 Å². The van der Waals surface area contributed by atoms with Crippen molar-refractivity contribution in [2.24, 2.45) is 0 Å². The molecule has 0 aliphatic heterocycles. The second kappa shape index (κ2) is 4.48. The van der Waals surface area contributed by atoms with E-state index in [1.807, 2.05) is 0 Å². The molecule has 0 fully saturated rings. The molecule has 0 aliphatic carbocycles. The number of fused-ring (bicyclic) bond motifs is 1. The lowest BCUT2D eigenvalue weighted by Crippen LogP contribution is -2.31. The normalized spacial score (nSPS) is 11.1. The topological polar surface area (TPSA) is 49.0 Å². The molecule has 90 valence electrons. The van der Waals surface area contributed by atoms with E-state index in [0.717, 1.165) is 10.3 Å². The summed E-state index contributed by atoms with van der Waals surface area (Å²) < 4.78 is 24.3. The van der Waals surface area contributed by atoms with E-state index in [-0.39, 0.29) is 0 Å². The van der Waals surface area contributed by atoms with Crippen LogP contribution >= 0.6 is 0 Å². The lowest BCUT2D eigenvalue weighted by molar-refractivity contribution is 0.0620. The Bertz CT molecular complexity index is 538. The van der Waals surface area contributed by atoms with Crippen LogP contribution in [-0.2, 0) is 0 Å². The summed E-state index contributed by atoms with van der Waals surface area (Å²) in [5.41, 5.74) is 1.08. The van der Waals surface area contributed by atoms with Crippen LogP contribution < -0.4 is 0 Å². The second-order valence-corrected chi connectivity index (χ2v) is 3.75. The molecule has 0 radical (unpaired) electrons. The molecular formula is C11H11F2N3O. The highest BCUT2D eigenvalue weighted by atomic mass is 19.3. The summed E-state index contributed by atoms with van der Waals surface area (Å²) in [5.74, 6) is -0.429. The highest BCUT2D eigenvalue weighted by Gasteiger charge is 2.16. The summed E-state index contributed by atoms with van der Waals surface area (Å²) in [4.78, 5) is 12.8. The first-order valence-corrected chi connectivity index (χ1v) is 5.04. The molecule has 1 heterocycles. The third-order valence-corrected chi connectivity index (χ3v) is 2.45. The maximum Gasteiger partial charge on any atom is 0.255 e. The molecule has 6 heteroatoms. The minimum Gasteiger partial charge on any atom is -0.336 e. The molecular weight excluding hydrogens is 228 g/mol. The maximum atomic E-state index is 12.2. The van der Waals surface area contributed by atoms with E-state index in [4.69, 9.17) is 0 Å². The van der Waals surface area contributed by atoms with Gasteiger partial charge in [-0.05, 0) is 12.1 Å². The van der Waals surface area contributed by atoms with Crippen LogP contribution in [0.2, 0.25) is 0 Å². The average molecular weight is 239 g/mol. The third kappa shape index (κ3) is 2.41. The lowest BCUT2D eigenvalue weighted by atomic mass is 10.1. The number of rotatable bonds is 3. The fourth-order valence-electron chi connectivity index (χ4n) is 1.58. The Kier molecular flexibility index (Phi) is 3.03. The SMILES string of the molecule is CN(CC(F)F)C(=O)c1ccc2cn[nH]c2c1. The zero-order chi connectivity index (χ0) is 12.4. The van der Waals surface area contributed by atoms with Crippen LogP contribution in [0.25, 0.3) is 10.9 Å². The molecule has 0 unspecified atom stereocenters. The average Bonchev–Trinajstić information content (AvgIpc) is 2.73. The monoisotopic (exact) mass is 239 g/mol. The van der Waals surface area contributed by atoms with Gasteiger partial charge >= 0.3 is 0 Å². The molecule has 2 rings (SSSR count). The Labute approximate surface area is 96.2 Å². The van der Waals surface area contributed by atoms with Crippen LogP contribution in [0.4, 0.5) is 8.78 Å². The lowest BCUT2D eigenvalue weighted by Gasteiger charge is -2.16. The summed E-state index contributed by atoms with van der Waals surface area (Å²) in [5, 5.41) is 7.42. The van der Waals surface area contributed by atoms with E-state index >= 15 is 0 Å². The van der Waals surface area contributed by atoms with Gasteiger partial charge in [0.25, 0.3) is 12.3 Å². The summed E-state index contributed by atoms with van der Waals surface area (Å²) in [7, 11) is 1.35. The van der Waals surface area contributed by atoms with E-state index in [0.29, 0.717) is 11.1 Å². The van der Waals surface area contributed by atoms with Crippen LogP contribution in [0.3, 0.4) is 0 Å². The Balaban J connectivity index is 2.23. The number of nitrogens with one attached hydrogen (secondary N) is 1. The molecule has 1 N–H and O–H groups in total. The molecule has 0 saturated carbocycles. The smallest absolute Gasteiger partial charge is 0.255 e. The molecule has 0 spiro atoms. The number of hydrogen-bond donors (Lipinski definition) is 1. The molecule has 2 aromatic rings. The molecule has 0 bridgehead atoms. The number of nitrogens with zero attached hydrogens (tertiary/aromatic N) is 2. The standard InChI is InChI=1S/C11H11F2N3O/c1-16(6-10(12)13)11(17)7-2-3-8-5-14-15-9(8)4-7/h2-5,10H,6H2,1H3,(H,14,15). The maximum absolute atomic E-state index is 12.2. The van der Waals surface area contributed by atoms with Crippen molar-refractivity contribution in [3.05, 3.63) is 30.0 Å². The number of aromatic nitrogens is 2. The minimum atomic E-state index is -2.53. The van der Waals surface area contributed by atoms with Crippen molar-refractivity contribution in [3.63, 3.8) is 0 Å². The Morgan fingerprint density at radius 1 is 1.53 bits per heavy atom. The fourth-order valence-corrected chi connectivity index (χ4v) is 1.58. The number of alkyl halides is 2. The predicted octanol–water partition coefficient (Wildman–Crippen LogP) is 1.90. The predicted molar refractivity (Wildman–Crippen MR) is 59.1 cm³/mol. The third-order valence-electron chi connectivity index (χ3n) is 2.45. The van der Waals surface area contributed by atoms with Crippen LogP contribution in [0.5, 0.6) is 0 Å². The van der Waals surface area contributed by atoms with E-state index in [2.05, 4.69) is 10.2 Å². The number of H-pyrrole nitrogens is 1. The number of carbonyl (C=O) groups excluding carboxylic acids is 1. The molecule has 0 aliphatic rings. The van der Waals surface area contributed by atoms with Crippen molar-refractivity contribution in [2.45, 2.75) is 6.43 Å². The molecule has 17 heavy (non-hydrogen) atoms. The summed E-state index contributed by atoms with van der Waals surface area (Å²) in [6.07, 6.45) is -0.897. The number of benzene rings is 1. The van der Waals surface area contributed by atoms with Gasteiger partial charge in [0.05, 0.1) is 18.3 Å². The summed E-state index contributed by atoms with van der Waals surface area (Å²) >= 11 is 0. The minimum absolute atomic E-state index is 0.366. The van der Waals surface area contributed by atoms with Crippen molar-refractivity contribution >= 4 is 16.8 Å². The largest absolute Gasteiger partial charge is 0.336 e. The molecule has 1 amide bonds. The number of aromatic amines is 1. The summed E-state index contributed by atoms with van der Waals surface area (Å²) in [6, 6.07) is 4.93. The number of amides is 1. The quantitative estimate of drug-likeness (QED) is 0.889. The Hall–Kier alpha value is -1.98. The number of halogens is 2. The number of hydrogen-bond acceptors (Lipinski definition) is 2. The van der Waals surface area contributed by atoms with E-state index in [1.165, 1.54) is 7.05 Å². The Morgan fingerprint density at radius 3 is 3.00 bits per heavy atom. The van der Waals surface area contributed by atoms with Gasteiger partial charge in [0, 0.05) is 18.0 Å². The summed E-state index contributed by atoms with van der Waals surface area (Å²) in [6.45, 7) is -0.570. The zero-order valence-electron chi connectivity index (χ0n) is 9.15. The van der Waals surface area contributed by atoms with Crippen LogP contribution in [0, 0.1) is 0 Å². The number of carbonyl (C=O) groups is 1. The first-order chi connectivity index (χ1) is 8.08. The molecule has 4 nitrogen and oxygen atoms in total. The molecule has 1 aromatic heterocycles. The van der Waals surface area contributed by atoms with Crippen LogP contribution in [0.15, 0.2) is 24.4 Å². The van der Waals surface area contributed by atoms with Crippen molar-refractivity contribution in [1.29, 1.82) is 0 Å². The van der Waals surface area contributed by atoms with Gasteiger partial charge in [0.1, 0.15) is 0 Å². The first-order valence-electron chi connectivity index (χ1n) is 5.04. The highest BCUT2D eigenvalue weighted by molar-refractivity contribution is 5.97. The van der Waals surface area contributed by atoms with Crippen molar-refractivity contribution in [1.82, 2.24) is 15.1 Å². The van der Waals surface area contributed by atoms with Crippen molar-refractivity contribution in [2.75, 3.05) is 13.6 Å². The second-order valence-electron chi connectivity index (χ2n) is 3.75. The van der Waals surface area contributed by atoms with Gasteiger partial charge in [-0.25, -0.2) is 8.78 Å². The highest BCUT2D eigenvalue weighted by Crippen LogP contribution is 2.14. The van der Waals surface area contributed by atoms with Crippen LogP contribution in [0.1, 0.15) is 10.4 Å². The van der Waals surface area contributed by atoms with Gasteiger partial charge in [-0.1, -0.05) is 6.07 Å². The molecule has 1 aromatic carbocycles. The van der Waals surface area contributed by atoms with Crippen LogP contribution in [-0.4, -0.2) is 41.0 Å². The van der Waals surface area contributed by atoms with Crippen molar-refractivity contribution < 1.29 is 13.6 Å². The molecule has 0 atom stereocenters. The van der Waals surface area contributed by atoms with Crippen molar-refractivity contribution in [3.8, 4) is 0 Å². The van der Waals surface area contributed by atoms with Gasteiger partial charge in [-0.15, -0.1) is 0 Å². The van der Waals surface area contributed by atoms with Gasteiger partial charge in [-0.2, -0.15) is 5.10 Å². The van der Waals surface area contributed by atoms with Gasteiger partial charge in [-0.3, -0.25) is 9.89 Å².